The molecule has 0 bridgehead atoms. The molecule has 1 amide bonds. The third-order valence-electron chi connectivity index (χ3n) is 1.82. The Morgan fingerprint density at radius 2 is 2.27 bits per heavy atom. The summed E-state index contributed by atoms with van der Waals surface area (Å²) in [5.41, 5.74) is 0.377. The Kier molecular flexibility index (Phi) is 2.00. The van der Waals surface area contributed by atoms with Crippen molar-refractivity contribution in [3.05, 3.63) is 22.5 Å². The van der Waals surface area contributed by atoms with Crippen molar-refractivity contribution in [3.63, 3.8) is 0 Å². The third kappa shape index (κ3) is 1.58. The molecule has 0 saturated carbocycles. The smallest absolute Gasteiger partial charge is 0.322 e. The van der Waals surface area contributed by atoms with Crippen LogP contribution in [-0.4, -0.2) is 25.5 Å². The van der Waals surface area contributed by atoms with Crippen molar-refractivity contribution >= 4 is 17.2 Å². The molecule has 0 fully saturated rings. The highest BCUT2D eigenvalue weighted by molar-refractivity contribution is 5.92. The van der Waals surface area contributed by atoms with Gasteiger partial charge in [-0.25, -0.2) is 9.78 Å². The molecule has 2 rings (SSSR count). The zero-order valence-corrected chi connectivity index (χ0v) is 8.24. The maximum absolute atomic E-state index is 11.4. The molecule has 0 atom stereocenters. The highest BCUT2D eigenvalue weighted by Gasteiger charge is 2.08. The molecule has 0 aromatic carbocycles. The molecule has 0 aliphatic carbocycles. The largest absolute Gasteiger partial charge is 0.370 e. The van der Waals surface area contributed by atoms with Crippen molar-refractivity contribution in [2.45, 2.75) is 13.8 Å². The van der Waals surface area contributed by atoms with Crippen LogP contribution in [0.3, 0.4) is 0 Å². The fraction of sp³-hybridized carbons (Fsp3) is 0.250. The Bertz CT molecular complexity index is 582. The van der Waals surface area contributed by atoms with Crippen molar-refractivity contribution in [1.82, 2.24) is 19.6 Å². The first-order valence-electron chi connectivity index (χ1n) is 4.30. The Morgan fingerprint density at radius 1 is 1.53 bits per heavy atom. The molecule has 78 valence electrons. The van der Waals surface area contributed by atoms with Crippen LogP contribution in [0.2, 0.25) is 0 Å². The molecule has 7 nitrogen and oxygen atoms in total. The van der Waals surface area contributed by atoms with E-state index in [-0.39, 0.29) is 5.91 Å². The van der Waals surface area contributed by atoms with Crippen LogP contribution in [0.15, 0.2) is 11.0 Å². The summed E-state index contributed by atoms with van der Waals surface area (Å²) in [6.45, 7) is 3.00. The standard InChI is InChI=1S/C8H9N5O2/c1-4-10-7-6(12-5(2)14)3-9-13(7)8(15)11-4/h3,9H,1-2H3,(H,12,14). The lowest BCUT2D eigenvalue weighted by Crippen LogP contribution is -2.20. The summed E-state index contributed by atoms with van der Waals surface area (Å²) in [5, 5.41) is 5.22. The van der Waals surface area contributed by atoms with Gasteiger partial charge in [-0.2, -0.15) is 9.50 Å². The van der Waals surface area contributed by atoms with Gasteiger partial charge in [0, 0.05) is 13.1 Å². The molecule has 0 unspecified atom stereocenters. The van der Waals surface area contributed by atoms with Gasteiger partial charge in [0.05, 0.1) is 0 Å². The number of aromatic nitrogens is 4. The first-order chi connectivity index (χ1) is 7.08. The highest BCUT2D eigenvalue weighted by atomic mass is 16.2. The van der Waals surface area contributed by atoms with Crippen LogP contribution in [0.25, 0.3) is 5.65 Å². The summed E-state index contributed by atoms with van der Waals surface area (Å²) in [4.78, 5) is 29.9. The Labute approximate surface area is 84.1 Å². The van der Waals surface area contributed by atoms with Crippen molar-refractivity contribution in [3.8, 4) is 0 Å². The molecule has 2 aromatic rings. The van der Waals surface area contributed by atoms with Gasteiger partial charge in [0.25, 0.3) is 0 Å². The van der Waals surface area contributed by atoms with Crippen LogP contribution in [0, 0.1) is 6.92 Å². The maximum atomic E-state index is 11.4. The van der Waals surface area contributed by atoms with Gasteiger partial charge in [-0.3, -0.25) is 9.89 Å². The number of aryl methyl sites for hydroxylation is 1. The van der Waals surface area contributed by atoms with Gasteiger partial charge in [-0.15, -0.1) is 0 Å². The molecule has 0 aliphatic rings. The van der Waals surface area contributed by atoms with E-state index in [1.165, 1.54) is 13.1 Å². The van der Waals surface area contributed by atoms with Gasteiger partial charge in [0.15, 0.2) is 5.65 Å². The van der Waals surface area contributed by atoms with Crippen LogP contribution in [0.1, 0.15) is 12.7 Å². The number of anilines is 1. The van der Waals surface area contributed by atoms with E-state index in [0.717, 1.165) is 4.52 Å². The fourth-order valence-electron chi connectivity index (χ4n) is 1.28. The zero-order valence-electron chi connectivity index (χ0n) is 8.24. The minimum Gasteiger partial charge on any atom is -0.322 e. The van der Waals surface area contributed by atoms with Crippen LogP contribution in [0.4, 0.5) is 5.69 Å². The predicted molar refractivity (Wildman–Crippen MR) is 52.6 cm³/mol. The number of hydrogen-bond acceptors (Lipinski definition) is 4. The molecule has 0 aliphatic heterocycles. The van der Waals surface area contributed by atoms with Crippen molar-refractivity contribution < 1.29 is 4.79 Å². The Morgan fingerprint density at radius 3 is 2.93 bits per heavy atom. The average Bonchev–Trinajstić information content (AvgIpc) is 2.48. The quantitative estimate of drug-likeness (QED) is 0.670. The predicted octanol–water partition coefficient (Wildman–Crippen LogP) is -0.316. The maximum Gasteiger partial charge on any atom is 0.370 e. The molecule has 0 spiro atoms. The van der Waals surface area contributed by atoms with E-state index in [9.17, 15) is 9.59 Å². The van der Waals surface area contributed by atoms with Crippen LogP contribution in [0.5, 0.6) is 0 Å². The lowest BCUT2D eigenvalue weighted by Gasteiger charge is -1.98. The molecule has 0 radical (unpaired) electrons. The normalized spacial score (nSPS) is 10.5. The number of carbonyl (C=O) groups excluding carboxylic acids is 1. The number of hydrogen-bond donors (Lipinski definition) is 2. The number of nitrogens with zero attached hydrogens (tertiary/aromatic N) is 3. The topological polar surface area (TPSA) is 92.2 Å². The van der Waals surface area contributed by atoms with Crippen LogP contribution < -0.4 is 11.0 Å². The summed E-state index contributed by atoms with van der Waals surface area (Å²) < 4.78 is 1.16. The van der Waals surface area contributed by atoms with Crippen molar-refractivity contribution in [2.24, 2.45) is 0 Å². The van der Waals surface area contributed by atoms with E-state index in [2.05, 4.69) is 20.4 Å². The number of rotatable bonds is 1. The SMILES string of the molecule is CC(=O)Nc1c[nH]n2c(=O)nc(C)nc12. The molecule has 15 heavy (non-hydrogen) atoms. The lowest BCUT2D eigenvalue weighted by molar-refractivity contribution is -0.114. The number of aromatic amines is 1. The number of H-pyrrole nitrogens is 1. The van der Waals surface area contributed by atoms with E-state index in [4.69, 9.17) is 0 Å². The number of carbonyl (C=O) groups is 1. The summed E-state index contributed by atoms with van der Waals surface area (Å²) >= 11 is 0. The summed E-state index contributed by atoms with van der Waals surface area (Å²) in [6, 6.07) is 0. The molecule has 2 aromatic heterocycles. The van der Waals surface area contributed by atoms with E-state index >= 15 is 0 Å². The molecule has 7 heteroatoms. The summed E-state index contributed by atoms with van der Waals surface area (Å²) in [7, 11) is 0. The average molecular weight is 207 g/mol. The monoisotopic (exact) mass is 207 g/mol. The molecular formula is C8H9N5O2. The second-order valence-electron chi connectivity index (χ2n) is 3.08. The second-order valence-corrected chi connectivity index (χ2v) is 3.08. The van der Waals surface area contributed by atoms with Crippen molar-refractivity contribution in [1.29, 1.82) is 0 Å². The highest BCUT2D eigenvalue weighted by Crippen LogP contribution is 2.11. The molecule has 2 heterocycles. The number of amides is 1. The van der Waals surface area contributed by atoms with Crippen LogP contribution >= 0.6 is 0 Å². The van der Waals surface area contributed by atoms with Gasteiger partial charge in [-0.05, 0) is 6.92 Å². The molecule has 0 saturated heterocycles. The van der Waals surface area contributed by atoms with Gasteiger partial charge < -0.3 is 5.32 Å². The zero-order chi connectivity index (χ0) is 11.0. The molecule has 2 N–H and O–H groups in total. The van der Waals surface area contributed by atoms with E-state index in [0.29, 0.717) is 17.2 Å². The van der Waals surface area contributed by atoms with Gasteiger partial charge in [0.1, 0.15) is 11.5 Å². The van der Waals surface area contributed by atoms with E-state index in [1.54, 1.807) is 6.92 Å². The third-order valence-corrected chi connectivity index (χ3v) is 1.82. The van der Waals surface area contributed by atoms with E-state index < -0.39 is 5.69 Å². The number of nitrogens with one attached hydrogen (secondary N) is 2. The van der Waals surface area contributed by atoms with Crippen molar-refractivity contribution in [2.75, 3.05) is 5.32 Å². The Hall–Kier alpha value is -2.18. The second kappa shape index (κ2) is 3.19. The van der Waals surface area contributed by atoms with E-state index in [1.807, 2.05) is 0 Å². The lowest BCUT2D eigenvalue weighted by atomic mass is 10.5. The van der Waals surface area contributed by atoms with Gasteiger partial charge in [0.2, 0.25) is 5.91 Å². The Balaban J connectivity index is 2.68. The number of fused-ring (bicyclic) bond motifs is 1. The molecular weight excluding hydrogens is 198 g/mol. The van der Waals surface area contributed by atoms with Gasteiger partial charge >= 0.3 is 5.69 Å². The summed E-state index contributed by atoms with van der Waals surface area (Å²) in [6.07, 6.45) is 1.49. The van der Waals surface area contributed by atoms with Gasteiger partial charge in [-0.1, -0.05) is 0 Å². The minimum atomic E-state index is -0.450. The minimum absolute atomic E-state index is 0.222. The van der Waals surface area contributed by atoms with Crippen LogP contribution in [-0.2, 0) is 4.79 Å². The fourth-order valence-corrected chi connectivity index (χ4v) is 1.28. The summed E-state index contributed by atoms with van der Waals surface area (Å²) in [5.74, 6) is 0.145. The first-order valence-corrected chi connectivity index (χ1v) is 4.30. The first kappa shape index (κ1) is 9.38.